The third-order valence-electron chi connectivity index (χ3n) is 6.20. The number of halogens is 1. The maximum Gasteiger partial charge on any atom is 0.323 e. The van der Waals surface area contributed by atoms with Crippen molar-refractivity contribution >= 4 is 63.4 Å². The quantitative estimate of drug-likeness (QED) is 0.239. The maximum atomic E-state index is 13.6. The average molecular weight is 553 g/mol. The van der Waals surface area contributed by atoms with Gasteiger partial charge >= 0.3 is 6.03 Å². The molecule has 0 unspecified atom stereocenters. The summed E-state index contributed by atoms with van der Waals surface area (Å²) in [7, 11) is 1.71. The van der Waals surface area contributed by atoms with Gasteiger partial charge in [-0.15, -0.1) is 23.5 Å². The summed E-state index contributed by atoms with van der Waals surface area (Å²) in [5, 5.41) is 7.84. The Morgan fingerprint density at radius 3 is 2.38 bits per heavy atom. The van der Waals surface area contributed by atoms with Gasteiger partial charge in [-0.05, 0) is 55.2 Å². The predicted octanol–water partition coefficient (Wildman–Crippen LogP) is 7.77. The van der Waals surface area contributed by atoms with Gasteiger partial charge in [0.25, 0.3) is 5.56 Å². The second-order valence-electron chi connectivity index (χ2n) is 8.95. The number of urea groups is 1. The molecule has 4 aromatic rings. The van der Waals surface area contributed by atoms with E-state index in [1.807, 2.05) is 55.8 Å². The second kappa shape index (κ2) is 11.2. The fraction of sp³-hybridized carbons (Fsp3) is 0.250. The van der Waals surface area contributed by atoms with Crippen LogP contribution in [0.5, 0.6) is 0 Å². The van der Waals surface area contributed by atoms with Crippen LogP contribution >= 0.6 is 35.1 Å². The Balaban J connectivity index is 1.91. The number of anilines is 2. The highest BCUT2D eigenvalue weighted by Gasteiger charge is 2.22. The molecule has 0 aliphatic carbocycles. The van der Waals surface area contributed by atoms with E-state index < -0.39 is 6.03 Å². The van der Waals surface area contributed by atoms with E-state index >= 15 is 0 Å². The first kappa shape index (κ1) is 27.1. The molecule has 37 heavy (non-hydrogen) atoms. The minimum atomic E-state index is -0.527. The number of benzene rings is 2. The van der Waals surface area contributed by atoms with Crippen molar-refractivity contribution in [1.29, 1.82) is 0 Å². The number of carbonyl (C=O) groups is 1. The molecule has 2 amide bonds. The molecule has 0 aliphatic heterocycles. The van der Waals surface area contributed by atoms with Crippen LogP contribution in [0, 0.1) is 6.92 Å². The highest BCUT2D eigenvalue weighted by atomic mass is 35.5. The van der Waals surface area contributed by atoms with E-state index in [-0.39, 0.29) is 17.2 Å². The zero-order chi connectivity index (χ0) is 26.9. The van der Waals surface area contributed by atoms with E-state index in [0.717, 1.165) is 27.1 Å². The Morgan fingerprint density at radius 1 is 1.03 bits per heavy atom. The molecule has 0 spiro atoms. The molecule has 2 aromatic carbocycles. The van der Waals surface area contributed by atoms with Gasteiger partial charge < -0.3 is 15.2 Å². The largest absolute Gasteiger partial charge is 0.323 e. The van der Waals surface area contributed by atoms with Crippen LogP contribution in [0.2, 0.25) is 5.02 Å². The van der Waals surface area contributed by atoms with Crippen molar-refractivity contribution in [3.8, 4) is 11.1 Å². The Kier molecular flexibility index (Phi) is 8.21. The van der Waals surface area contributed by atoms with Gasteiger partial charge in [0, 0.05) is 39.2 Å². The molecule has 6 nitrogen and oxygen atoms in total. The van der Waals surface area contributed by atoms with Crippen LogP contribution in [0.1, 0.15) is 31.0 Å². The number of thioether (sulfide) groups is 2. The predicted molar refractivity (Wildman–Crippen MR) is 159 cm³/mol. The highest BCUT2D eigenvalue weighted by molar-refractivity contribution is 7.99. The van der Waals surface area contributed by atoms with Gasteiger partial charge in [0.1, 0.15) is 10.7 Å². The minimum Gasteiger partial charge on any atom is -0.310 e. The highest BCUT2D eigenvalue weighted by Crippen LogP contribution is 2.39. The summed E-state index contributed by atoms with van der Waals surface area (Å²) >= 11 is 9.61. The van der Waals surface area contributed by atoms with Gasteiger partial charge in [-0.25, -0.2) is 9.78 Å². The van der Waals surface area contributed by atoms with Crippen LogP contribution in [0.4, 0.5) is 16.2 Å². The van der Waals surface area contributed by atoms with Crippen molar-refractivity contribution in [1.82, 2.24) is 9.55 Å². The number of fused-ring (bicyclic) bond motifs is 1. The molecule has 0 radical (unpaired) electrons. The van der Waals surface area contributed by atoms with E-state index in [1.165, 1.54) is 23.5 Å². The topological polar surface area (TPSA) is 76.0 Å². The monoisotopic (exact) mass is 552 g/mol. The summed E-state index contributed by atoms with van der Waals surface area (Å²) in [6.45, 7) is 6.16. The molecule has 9 heteroatoms. The minimum absolute atomic E-state index is 0.165. The number of aryl methyl sites for hydroxylation is 2. The molecule has 0 fully saturated rings. The van der Waals surface area contributed by atoms with E-state index in [9.17, 15) is 9.59 Å². The molecule has 2 N–H and O–H groups in total. The lowest BCUT2D eigenvalue weighted by atomic mass is 9.94. The first-order valence-electron chi connectivity index (χ1n) is 11.7. The number of hydrogen-bond donors (Lipinski definition) is 2. The molecular weight excluding hydrogens is 524 g/mol. The Bertz CT molecular complexity index is 1540. The lowest BCUT2D eigenvalue weighted by molar-refractivity contribution is 0.262. The van der Waals surface area contributed by atoms with Crippen LogP contribution in [0.3, 0.4) is 0 Å². The van der Waals surface area contributed by atoms with E-state index in [1.54, 1.807) is 17.7 Å². The van der Waals surface area contributed by atoms with Crippen LogP contribution in [0.25, 0.3) is 22.0 Å². The van der Waals surface area contributed by atoms with Gasteiger partial charge in [-0.3, -0.25) is 4.79 Å². The maximum absolute atomic E-state index is 13.6. The third-order valence-corrected chi connectivity index (χ3v) is 7.97. The zero-order valence-electron chi connectivity index (χ0n) is 21.6. The number of nitrogens with zero attached hydrogens (tertiary/aromatic N) is 2. The van der Waals surface area contributed by atoms with E-state index in [2.05, 4.69) is 35.5 Å². The lowest BCUT2D eigenvalue weighted by Crippen LogP contribution is -2.28. The van der Waals surface area contributed by atoms with Crippen molar-refractivity contribution in [2.24, 2.45) is 7.05 Å². The number of amides is 2. The van der Waals surface area contributed by atoms with Crippen molar-refractivity contribution < 1.29 is 4.79 Å². The Hall–Kier alpha value is -2.94. The molecule has 0 bridgehead atoms. The number of aromatic nitrogens is 2. The van der Waals surface area contributed by atoms with Crippen LogP contribution in [-0.4, -0.2) is 28.1 Å². The van der Waals surface area contributed by atoms with Crippen molar-refractivity contribution in [3.63, 3.8) is 0 Å². The van der Waals surface area contributed by atoms with Crippen LogP contribution < -0.4 is 16.2 Å². The standard InChI is InChI=1S/C28H29ClN4O2S2/c1-15(2)17-11-12-21-19(14-17)23(18-9-7-8-10-20(18)29)25(27(34)33(21)4)32-28(35)31-24-22(36-5)13-16(3)30-26(24)37-6/h7-15H,1-6H3,(H2,31,32,35). The Labute approximate surface area is 230 Å². The number of nitrogens with one attached hydrogen (secondary N) is 2. The van der Waals surface area contributed by atoms with Crippen molar-refractivity contribution in [3.05, 3.63) is 75.2 Å². The van der Waals surface area contributed by atoms with Gasteiger partial charge in [-0.1, -0.05) is 49.7 Å². The smallest absolute Gasteiger partial charge is 0.310 e. The first-order valence-corrected chi connectivity index (χ1v) is 14.6. The summed E-state index contributed by atoms with van der Waals surface area (Å²) in [6, 6.07) is 14.8. The fourth-order valence-corrected chi connectivity index (χ4v) is 5.82. The van der Waals surface area contributed by atoms with Crippen molar-refractivity contribution in [2.45, 2.75) is 36.6 Å². The van der Waals surface area contributed by atoms with Crippen molar-refractivity contribution in [2.75, 3.05) is 23.1 Å². The van der Waals surface area contributed by atoms with Crippen LogP contribution in [0.15, 0.2) is 63.2 Å². The molecule has 0 saturated heterocycles. The number of carbonyl (C=O) groups excluding carboxylic acids is 1. The normalized spacial score (nSPS) is 11.2. The summed E-state index contributed by atoms with van der Waals surface area (Å²) in [6.07, 6.45) is 3.86. The van der Waals surface area contributed by atoms with E-state index in [4.69, 9.17) is 11.6 Å². The molecule has 2 heterocycles. The summed E-state index contributed by atoms with van der Waals surface area (Å²) in [4.78, 5) is 32.5. The number of hydrogen-bond acceptors (Lipinski definition) is 5. The Morgan fingerprint density at radius 2 is 1.73 bits per heavy atom. The zero-order valence-corrected chi connectivity index (χ0v) is 24.0. The molecule has 0 aliphatic rings. The fourth-order valence-electron chi connectivity index (χ4n) is 4.28. The van der Waals surface area contributed by atoms with Gasteiger partial charge in [0.2, 0.25) is 0 Å². The second-order valence-corrected chi connectivity index (χ2v) is 11.0. The van der Waals surface area contributed by atoms with Gasteiger partial charge in [0.05, 0.1) is 11.2 Å². The SMILES string of the molecule is CSc1cc(C)nc(SC)c1NC(=O)Nc1c(-c2ccccc2Cl)c2cc(C(C)C)ccc2n(C)c1=O. The average Bonchev–Trinajstić information content (AvgIpc) is 2.88. The van der Waals surface area contributed by atoms with E-state index in [0.29, 0.717) is 26.9 Å². The van der Waals surface area contributed by atoms with Crippen LogP contribution in [-0.2, 0) is 7.05 Å². The number of rotatable bonds is 6. The lowest BCUT2D eigenvalue weighted by Gasteiger charge is -2.20. The molecule has 2 aromatic heterocycles. The molecule has 4 rings (SSSR count). The number of pyridine rings is 2. The molecular formula is C28H29ClN4O2S2. The summed E-state index contributed by atoms with van der Waals surface area (Å²) < 4.78 is 1.56. The third kappa shape index (κ3) is 5.37. The molecule has 0 atom stereocenters. The molecule has 0 saturated carbocycles. The van der Waals surface area contributed by atoms with Gasteiger partial charge in [-0.2, -0.15) is 0 Å². The summed E-state index contributed by atoms with van der Waals surface area (Å²) in [5.41, 5.74) is 4.47. The molecule has 192 valence electrons. The first-order chi connectivity index (χ1) is 17.7. The van der Waals surface area contributed by atoms with Gasteiger partial charge in [0.15, 0.2) is 0 Å². The summed E-state index contributed by atoms with van der Waals surface area (Å²) in [5.74, 6) is 0.282.